The van der Waals surface area contributed by atoms with Crippen molar-refractivity contribution in [2.75, 3.05) is 9.80 Å². The third-order valence-corrected chi connectivity index (χ3v) is 29.2. The van der Waals surface area contributed by atoms with Gasteiger partial charge in [0, 0.05) is 77.9 Å². The third-order valence-electron chi connectivity index (χ3n) is 29.2. The van der Waals surface area contributed by atoms with E-state index in [1.54, 1.807) is 0 Å². The third kappa shape index (κ3) is 11.8. The van der Waals surface area contributed by atoms with Gasteiger partial charge in [-0.2, -0.15) is 0 Å². The molecule has 0 N–H and O–H groups in total. The van der Waals surface area contributed by atoms with Crippen molar-refractivity contribution in [2.24, 2.45) is 0 Å². The Balaban J connectivity index is 0.905. The van der Waals surface area contributed by atoms with Crippen molar-refractivity contribution in [3.63, 3.8) is 0 Å². The van der Waals surface area contributed by atoms with Crippen LogP contribution in [0.1, 0.15) is 184 Å². The predicted molar refractivity (Wildman–Crippen MR) is 552 cm³/mol. The van der Waals surface area contributed by atoms with Gasteiger partial charge in [0.05, 0.1) is 33.4 Å². The minimum absolute atomic E-state index is 0.0807. The Morgan fingerprint density at radius 3 is 0.693 bits per heavy atom. The quantitative estimate of drug-likeness (QED) is 0.0856. The molecule has 0 aliphatic carbocycles. The second-order valence-electron chi connectivity index (χ2n) is 44.5. The van der Waals surface area contributed by atoms with Crippen LogP contribution in [0.4, 0.5) is 34.1 Å². The molecule has 0 saturated heterocycles. The fourth-order valence-corrected chi connectivity index (χ4v) is 22.2. The summed E-state index contributed by atoms with van der Waals surface area (Å²) in [5.74, 6) is 0. The van der Waals surface area contributed by atoms with Crippen LogP contribution in [0.2, 0.25) is 0 Å². The van der Waals surface area contributed by atoms with E-state index in [0.29, 0.717) is 0 Å². The van der Waals surface area contributed by atoms with Gasteiger partial charge in [0.1, 0.15) is 0 Å². The molecule has 2 aromatic heterocycles. The zero-order valence-corrected chi connectivity index (χ0v) is 77.6. The van der Waals surface area contributed by atoms with E-state index >= 15 is 0 Å². The van der Waals surface area contributed by atoms with Crippen LogP contribution in [0.3, 0.4) is 0 Å². The van der Waals surface area contributed by atoms with Gasteiger partial charge >= 0.3 is 0 Å². The van der Waals surface area contributed by atoms with Gasteiger partial charge in [-0.3, -0.25) is 0 Å². The normalized spacial score (nSPS) is 13.8. The van der Waals surface area contributed by atoms with Crippen molar-refractivity contribution < 1.29 is 0 Å². The molecule has 0 radical (unpaired) electrons. The van der Waals surface area contributed by atoms with Crippen LogP contribution in [0.15, 0.2) is 291 Å². The Bertz CT molecular complexity index is 7280. The molecule has 0 unspecified atom stereocenters. The van der Waals surface area contributed by atoms with Crippen LogP contribution in [-0.2, 0) is 37.9 Å². The van der Waals surface area contributed by atoms with Crippen LogP contribution >= 0.6 is 0 Å². The van der Waals surface area contributed by atoms with Crippen LogP contribution < -0.4 is 26.2 Å². The van der Waals surface area contributed by atoms with Gasteiger partial charge in [0.15, 0.2) is 0 Å². The maximum absolute atomic E-state index is 2.82. The summed E-state index contributed by atoms with van der Waals surface area (Å²) in [7, 11) is 0. The molecule has 2 aliphatic rings. The van der Waals surface area contributed by atoms with Gasteiger partial charge in [-0.1, -0.05) is 352 Å². The molecule has 0 atom stereocenters. The fourth-order valence-electron chi connectivity index (χ4n) is 22.2. The SMILES string of the molecule is CC(C)(C)c1ccc(-c2cc(C(C)(C)C)cc(-c3ccc(C(C)(C)C)cc3)c2N2c3cc(-n4c5ccc6cccc7c8cccc9ccc4c(c98)c5c67)ccc3B3c4ccc(-n5c6ccc7cccc8c9cccc%10ccc5c(c%109)c6c78)cc4N(c4c(-c5ccc(C(C)(C)C)cc5)cc(C(C)(C)C)cc4-c4ccc(C(C)(C)C)cc4)c4cc(C(C)(C)C)cc2c43)cc1. The van der Waals surface area contributed by atoms with E-state index in [-0.39, 0.29) is 44.6 Å². The maximum atomic E-state index is 2.82. The van der Waals surface area contributed by atoms with Crippen molar-refractivity contribution in [3.05, 3.63) is 330 Å². The first kappa shape index (κ1) is 78.7. The molecule has 4 heterocycles. The monoisotopic (exact) mass is 1640 g/mol. The molecule has 0 saturated carbocycles. The topological polar surface area (TPSA) is 16.3 Å². The molecule has 4 nitrogen and oxygen atoms in total. The molecule has 0 amide bonds. The molecular weight excluding hydrogens is 1530 g/mol. The first-order valence-corrected chi connectivity index (χ1v) is 46.1. The minimum Gasteiger partial charge on any atom is -0.310 e. The number of aromatic nitrogens is 2. The second kappa shape index (κ2) is 26.8. The van der Waals surface area contributed by atoms with Gasteiger partial charge in [0.25, 0.3) is 6.71 Å². The van der Waals surface area contributed by atoms with Gasteiger partial charge in [-0.15, -0.1) is 0 Å². The zero-order chi connectivity index (χ0) is 87.9. The van der Waals surface area contributed by atoms with E-state index in [1.807, 2.05) is 0 Å². The van der Waals surface area contributed by atoms with Gasteiger partial charge < -0.3 is 18.9 Å². The van der Waals surface area contributed by atoms with Crippen molar-refractivity contribution in [1.82, 2.24) is 9.13 Å². The largest absolute Gasteiger partial charge is 0.310 e. The number of fused-ring (bicyclic) bond motifs is 6. The van der Waals surface area contributed by atoms with Crippen molar-refractivity contribution in [2.45, 2.75) is 183 Å². The van der Waals surface area contributed by atoms with Crippen molar-refractivity contribution in [3.8, 4) is 55.9 Å². The van der Waals surface area contributed by atoms with E-state index in [4.69, 9.17) is 0 Å². The second-order valence-corrected chi connectivity index (χ2v) is 44.5. The highest BCUT2D eigenvalue weighted by molar-refractivity contribution is 7.00. The Morgan fingerprint density at radius 2 is 0.449 bits per heavy atom. The summed E-state index contributed by atoms with van der Waals surface area (Å²) >= 11 is 0. The lowest BCUT2D eigenvalue weighted by Gasteiger charge is -2.47. The average molecular weight is 1640 g/mol. The van der Waals surface area contributed by atoms with Crippen LogP contribution in [-0.4, -0.2) is 15.8 Å². The van der Waals surface area contributed by atoms with E-state index in [2.05, 4.69) is 456 Å². The van der Waals surface area contributed by atoms with Gasteiger partial charge in [-0.25, -0.2) is 0 Å². The Morgan fingerprint density at radius 1 is 0.205 bits per heavy atom. The summed E-state index contributed by atoms with van der Waals surface area (Å²) in [5.41, 5.74) is 34.9. The summed E-state index contributed by atoms with van der Waals surface area (Å²) in [5, 5.41) is 20.8. The molecule has 2 aliphatic heterocycles. The number of anilines is 6. The van der Waals surface area contributed by atoms with Crippen molar-refractivity contribution in [1.29, 1.82) is 0 Å². The summed E-state index contributed by atoms with van der Waals surface area (Å²) in [6, 6.07) is 117. The standard InChI is InChI=1S/C122H111BN4/c1-116(2,3)78-46-34-70(35-47-78)91-62-82(120(13,14)15)63-92(71-36-48-79(49-37-71)117(4,5)6)114(91)126-101-68-85(124-97-58-42-74-26-22-30-87-88-31-23-27-75-43-59-98(124)110(106(75)88)109(97)105(74)87)54-56-95(101)123-96-57-55-86(125-99-60-44-76-28-24-32-89-90-33-25-29-77-45-61-100(125)112(108(77)90)111(99)107(76)89)69-102(96)127(104-67-84(122(19,20)21)66-103(126)113(104)123)115-93(72-38-50-80(51-39-72)118(7,8)9)64-83(121(16,17)18)65-94(115)73-40-52-81(53-41-73)119(10,11)12/h22-69H,1-21H3. The number of nitrogens with zero attached hydrogens (tertiary/aromatic N) is 4. The maximum Gasteiger partial charge on any atom is 0.252 e. The highest BCUT2D eigenvalue weighted by Gasteiger charge is 2.47. The fraction of sp³-hybridized carbons (Fsp3) is 0.230. The van der Waals surface area contributed by atoms with Gasteiger partial charge in [-0.05, 0) is 265 Å². The predicted octanol–water partition coefficient (Wildman–Crippen LogP) is 32.4. The first-order chi connectivity index (χ1) is 60.4. The summed E-state index contributed by atoms with van der Waals surface area (Å²) < 4.78 is 5.26. The molecule has 19 aromatic carbocycles. The lowest BCUT2D eigenvalue weighted by Crippen LogP contribution is -2.61. The number of rotatable bonds is 8. The molecule has 23 rings (SSSR count). The van der Waals surface area contributed by atoms with Crippen LogP contribution in [0.25, 0.3) is 164 Å². The lowest BCUT2D eigenvalue weighted by molar-refractivity contribution is 0.589. The summed E-state index contributed by atoms with van der Waals surface area (Å²) in [4.78, 5) is 5.64. The molecule has 622 valence electrons. The number of hydrogen-bond donors (Lipinski definition) is 0. The Kier molecular flexibility index (Phi) is 16.6. The molecule has 5 heteroatoms. The molecule has 21 aromatic rings. The van der Waals surface area contributed by atoms with Crippen LogP contribution in [0, 0.1) is 0 Å². The lowest BCUT2D eigenvalue weighted by atomic mass is 9.33. The molecule has 0 bridgehead atoms. The van der Waals surface area contributed by atoms with Gasteiger partial charge in [0.2, 0.25) is 0 Å². The first-order valence-electron chi connectivity index (χ1n) is 46.1. The zero-order valence-electron chi connectivity index (χ0n) is 77.6. The molecular formula is C122H111BN4. The molecule has 127 heavy (non-hydrogen) atoms. The van der Waals surface area contributed by atoms with E-state index in [0.717, 1.165) is 45.5 Å². The molecule has 0 spiro atoms. The summed E-state index contributed by atoms with van der Waals surface area (Å²) in [6.07, 6.45) is 0. The van der Waals surface area contributed by atoms with E-state index in [9.17, 15) is 0 Å². The number of benzene rings is 19. The van der Waals surface area contributed by atoms with Crippen molar-refractivity contribution >= 4 is 165 Å². The number of hydrogen-bond acceptors (Lipinski definition) is 2. The Labute approximate surface area is 748 Å². The summed E-state index contributed by atoms with van der Waals surface area (Å²) in [6.45, 7) is 49.5. The Hall–Kier alpha value is -13.0. The van der Waals surface area contributed by atoms with Crippen LogP contribution in [0.5, 0.6) is 0 Å². The average Bonchev–Trinajstić information content (AvgIpc) is 1.65. The smallest absolute Gasteiger partial charge is 0.252 e. The molecule has 0 fully saturated rings. The minimum atomic E-state index is -0.389. The van der Waals surface area contributed by atoms with E-state index < -0.39 is 0 Å². The highest BCUT2D eigenvalue weighted by Crippen LogP contribution is 2.58. The highest BCUT2D eigenvalue weighted by atomic mass is 15.2. The van der Waals surface area contributed by atoms with E-state index in [1.165, 1.54) is 208 Å².